The lowest BCUT2D eigenvalue weighted by atomic mass is 10.1. The van der Waals surface area contributed by atoms with Gasteiger partial charge in [0, 0.05) is 11.9 Å². The van der Waals surface area contributed by atoms with Crippen molar-refractivity contribution in [1.82, 2.24) is 4.98 Å². The number of aromatic nitrogens is 1. The van der Waals surface area contributed by atoms with Crippen molar-refractivity contribution in [1.29, 1.82) is 0 Å². The Morgan fingerprint density at radius 1 is 1.20 bits per heavy atom. The number of hydrogen-bond acceptors (Lipinski definition) is 1. The Balaban J connectivity index is 2.28. The predicted octanol–water partition coefficient (Wildman–Crippen LogP) is 3.25. The first-order chi connectivity index (χ1) is 7.33. The lowest BCUT2D eigenvalue weighted by Gasteiger charge is -2.01. The third-order valence-electron chi connectivity index (χ3n) is 2.55. The van der Waals surface area contributed by atoms with E-state index in [9.17, 15) is 0 Å². The fourth-order valence-electron chi connectivity index (χ4n) is 1.58. The fourth-order valence-corrected chi connectivity index (χ4v) is 1.58. The van der Waals surface area contributed by atoms with Crippen LogP contribution in [0.15, 0.2) is 36.5 Å². The molecule has 2 nitrogen and oxygen atoms in total. The number of hydrogen-bond donors (Lipinski definition) is 1. The highest BCUT2D eigenvalue weighted by Crippen LogP contribution is 2.22. The molecule has 0 saturated heterocycles. The summed E-state index contributed by atoms with van der Waals surface area (Å²) in [5.41, 5.74) is 3.69. The van der Waals surface area contributed by atoms with Gasteiger partial charge in [0.15, 0.2) is 0 Å². The van der Waals surface area contributed by atoms with Gasteiger partial charge in [0.05, 0.1) is 7.11 Å². The summed E-state index contributed by atoms with van der Waals surface area (Å²) in [5, 5.41) is 0. The molecule has 1 N–H and O–H groups in total. The standard InChI is InChI=1S/C13H15NO/c1-3-10-8-13(14-9-10)11-4-6-12(15-2)7-5-11/h4-9,14H,3H2,1-2H3. The number of aryl methyl sites for hydroxylation is 1. The molecule has 2 rings (SSSR count). The number of benzene rings is 1. The van der Waals surface area contributed by atoms with Crippen molar-refractivity contribution >= 4 is 0 Å². The summed E-state index contributed by atoms with van der Waals surface area (Å²) in [5.74, 6) is 0.890. The second-order valence-electron chi connectivity index (χ2n) is 3.50. The van der Waals surface area contributed by atoms with E-state index in [0.717, 1.165) is 17.9 Å². The first kappa shape index (κ1) is 9.84. The molecule has 0 amide bonds. The molecule has 78 valence electrons. The molecular weight excluding hydrogens is 186 g/mol. The van der Waals surface area contributed by atoms with E-state index < -0.39 is 0 Å². The van der Waals surface area contributed by atoms with E-state index in [1.54, 1.807) is 7.11 Å². The molecule has 1 heterocycles. The van der Waals surface area contributed by atoms with Gasteiger partial charge in [0.25, 0.3) is 0 Å². The average molecular weight is 201 g/mol. The number of aromatic amines is 1. The molecule has 0 bridgehead atoms. The average Bonchev–Trinajstić information content (AvgIpc) is 2.78. The first-order valence-electron chi connectivity index (χ1n) is 5.15. The van der Waals surface area contributed by atoms with Gasteiger partial charge in [0.1, 0.15) is 5.75 Å². The largest absolute Gasteiger partial charge is 0.497 e. The Labute approximate surface area is 89.9 Å². The zero-order chi connectivity index (χ0) is 10.7. The molecule has 2 heteroatoms. The van der Waals surface area contributed by atoms with Crippen LogP contribution < -0.4 is 4.74 Å². The minimum absolute atomic E-state index is 0.890. The van der Waals surface area contributed by atoms with E-state index in [2.05, 4.69) is 36.3 Å². The quantitative estimate of drug-likeness (QED) is 0.810. The monoisotopic (exact) mass is 201 g/mol. The second kappa shape index (κ2) is 4.22. The van der Waals surface area contributed by atoms with E-state index >= 15 is 0 Å². The van der Waals surface area contributed by atoms with Gasteiger partial charge < -0.3 is 9.72 Å². The molecule has 1 aromatic carbocycles. The van der Waals surface area contributed by atoms with Crippen molar-refractivity contribution in [3.63, 3.8) is 0 Å². The summed E-state index contributed by atoms with van der Waals surface area (Å²) in [7, 11) is 1.68. The molecule has 0 aliphatic rings. The molecule has 0 fully saturated rings. The third-order valence-corrected chi connectivity index (χ3v) is 2.55. The topological polar surface area (TPSA) is 25.0 Å². The predicted molar refractivity (Wildman–Crippen MR) is 62.2 cm³/mol. The molecule has 0 atom stereocenters. The van der Waals surface area contributed by atoms with Crippen LogP contribution in [0.25, 0.3) is 11.3 Å². The van der Waals surface area contributed by atoms with E-state index in [4.69, 9.17) is 4.74 Å². The summed E-state index contributed by atoms with van der Waals surface area (Å²) in [6.07, 6.45) is 3.12. The van der Waals surface area contributed by atoms with Crippen molar-refractivity contribution < 1.29 is 4.74 Å². The van der Waals surface area contributed by atoms with Crippen molar-refractivity contribution in [2.75, 3.05) is 7.11 Å². The van der Waals surface area contributed by atoms with E-state index in [-0.39, 0.29) is 0 Å². The lowest BCUT2D eigenvalue weighted by molar-refractivity contribution is 0.415. The molecule has 0 spiro atoms. The van der Waals surface area contributed by atoms with Crippen molar-refractivity contribution in [3.05, 3.63) is 42.1 Å². The number of methoxy groups -OCH3 is 1. The van der Waals surface area contributed by atoms with Crippen LogP contribution in [-0.4, -0.2) is 12.1 Å². The Morgan fingerprint density at radius 3 is 2.47 bits per heavy atom. The van der Waals surface area contributed by atoms with Crippen molar-refractivity contribution in [3.8, 4) is 17.0 Å². The Morgan fingerprint density at radius 2 is 1.93 bits per heavy atom. The van der Waals surface area contributed by atoms with Crippen molar-refractivity contribution in [2.45, 2.75) is 13.3 Å². The van der Waals surface area contributed by atoms with Crippen LogP contribution >= 0.6 is 0 Å². The first-order valence-corrected chi connectivity index (χ1v) is 5.15. The zero-order valence-electron chi connectivity index (χ0n) is 9.08. The highest BCUT2D eigenvalue weighted by molar-refractivity contribution is 5.61. The molecule has 15 heavy (non-hydrogen) atoms. The summed E-state index contributed by atoms with van der Waals surface area (Å²) in [6, 6.07) is 10.2. The van der Waals surface area contributed by atoms with Gasteiger partial charge in [0.2, 0.25) is 0 Å². The van der Waals surface area contributed by atoms with Crippen LogP contribution in [0, 0.1) is 0 Å². The smallest absolute Gasteiger partial charge is 0.118 e. The normalized spacial score (nSPS) is 10.3. The molecule has 0 saturated carbocycles. The van der Waals surface area contributed by atoms with Gasteiger partial charge in [-0.25, -0.2) is 0 Å². The van der Waals surface area contributed by atoms with Gasteiger partial charge in [-0.05, 0) is 47.9 Å². The molecule has 0 aliphatic heterocycles. The van der Waals surface area contributed by atoms with Gasteiger partial charge in [-0.15, -0.1) is 0 Å². The molecule has 0 radical (unpaired) electrons. The highest BCUT2D eigenvalue weighted by Gasteiger charge is 2.00. The van der Waals surface area contributed by atoms with Crippen LogP contribution in [0.2, 0.25) is 0 Å². The number of ether oxygens (including phenoxy) is 1. The molecule has 2 aromatic rings. The van der Waals surface area contributed by atoms with Crippen LogP contribution in [-0.2, 0) is 6.42 Å². The van der Waals surface area contributed by atoms with Crippen molar-refractivity contribution in [2.24, 2.45) is 0 Å². The van der Waals surface area contributed by atoms with Gasteiger partial charge >= 0.3 is 0 Å². The minimum Gasteiger partial charge on any atom is -0.497 e. The highest BCUT2D eigenvalue weighted by atomic mass is 16.5. The number of H-pyrrole nitrogens is 1. The Bertz CT molecular complexity index is 428. The molecule has 1 aromatic heterocycles. The molecule has 0 unspecified atom stereocenters. The van der Waals surface area contributed by atoms with Crippen LogP contribution in [0.5, 0.6) is 5.75 Å². The van der Waals surface area contributed by atoms with E-state index in [1.165, 1.54) is 11.1 Å². The van der Waals surface area contributed by atoms with Gasteiger partial charge in [-0.2, -0.15) is 0 Å². The Kier molecular flexibility index (Phi) is 2.77. The SMILES string of the molecule is CCc1c[nH]c(-c2ccc(OC)cc2)c1. The minimum atomic E-state index is 0.890. The Hall–Kier alpha value is -1.70. The molecule has 0 aliphatic carbocycles. The summed E-state index contributed by atoms with van der Waals surface area (Å²) < 4.78 is 5.12. The summed E-state index contributed by atoms with van der Waals surface area (Å²) >= 11 is 0. The van der Waals surface area contributed by atoms with E-state index in [0.29, 0.717) is 0 Å². The second-order valence-corrected chi connectivity index (χ2v) is 3.50. The number of nitrogens with one attached hydrogen (secondary N) is 1. The zero-order valence-corrected chi connectivity index (χ0v) is 9.08. The van der Waals surface area contributed by atoms with Gasteiger partial charge in [-0.3, -0.25) is 0 Å². The lowest BCUT2D eigenvalue weighted by Crippen LogP contribution is -1.82. The van der Waals surface area contributed by atoms with Crippen LogP contribution in [0.3, 0.4) is 0 Å². The van der Waals surface area contributed by atoms with Crippen LogP contribution in [0.1, 0.15) is 12.5 Å². The maximum absolute atomic E-state index is 5.12. The molecular formula is C13H15NO. The van der Waals surface area contributed by atoms with E-state index in [1.807, 2.05) is 12.1 Å². The van der Waals surface area contributed by atoms with Gasteiger partial charge in [-0.1, -0.05) is 6.92 Å². The third kappa shape index (κ3) is 2.04. The summed E-state index contributed by atoms with van der Waals surface area (Å²) in [6.45, 7) is 2.15. The fraction of sp³-hybridized carbons (Fsp3) is 0.231. The maximum Gasteiger partial charge on any atom is 0.118 e. The van der Waals surface area contributed by atoms with Crippen LogP contribution in [0.4, 0.5) is 0 Å². The number of rotatable bonds is 3. The summed E-state index contributed by atoms with van der Waals surface area (Å²) in [4.78, 5) is 3.27. The maximum atomic E-state index is 5.12.